The lowest BCUT2D eigenvalue weighted by Gasteiger charge is -2.26. The number of carbonyl (C=O) groups is 4. The lowest BCUT2D eigenvalue weighted by molar-refractivity contribution is -0.139. The molecular formula is C36H41N3O8. The van der Waals surface area contributed by atoms with Gasteiger partial charge in [0.05, 0.1) is 26.3 Å². The first kappa shape index (κ1) is 35.9. The lowest BCUT2D eigenvalue weighted by atomic mass is 10.1. The number of carbonyl (C=O) groups excluding carboxylic acids is 4. The van der Waals surface area contributed by atoms with Gasteiger partial charge in [-0.25, -0.2) is 19.2 Å². The van der Waals surface area contributed by atoms with Gasteiger partial charge < -0.3 is 34.5 Å². The fourth-order valence-electron chi connectivity index (χ4n) is 4.11. The monoisotopic (exact) mass is 643 g/mol. The quantitative estimate of drug-likeness (QED) is 0.0795. The van der Waals surface area contributed by atoms with E-state index >= 15 is 0 Å². The maximum Gasteiger partial charge on any atom is 0.407 e. The predicted molar refractivity (Wildman–Crippen MR) is 179 cm³/mol. The Morgan fingerprint density at radius 2 is 0.936 bits per heavy atom. The van der Waals surface area contributed by atoms with Crippen LogP contribution in [0.1, 0.15) is 25.0 Å². The topological polar surface area (TPSA) is 132 Å². The van der Waals surface area contributed by atoms with Crippen LogP contribution in [0.15, 0.2) is 103 Å². The number of rotatable bonds is 17. The zero-order valence-electron chi connectivity index (χ0n) is 26.8. The second-order valence-corrected chi connectivity index (χ2v) is 10.5. The van der Waals surface area contributed by atoms with Gasteiger partial charge in [0.25, 0.3) is 0 Å². The predicted octanol–water partition coefficient (Wildman–Crippen LogP) is 5.93. The Morgan fingerprint density at radius 3 is 1.32 bits per heavy atom. The average molecular weight is 644 g/mol. The van der Waals surface area contributed by atoms with E-state index in [1.807, 2.05) is 78.9 Å². The summed E-state index contributed by atoms with van der Waals surface area (Å²) in [6.07, 6.45) is -0.109. The number of ether oxygens (including phenoxy) is 4. The number of esters is 2. The highest BCUT2D eigenvalue weighted by molar-refractivity contribution is 5.87. The molecule has 0 atom stereocenters. The van der Waals surface area contributed by atoms with E-state index in [4.69, 9.17) is 18.9 Å². The highest BCUT2D eigenvalue weighted by Gasteiger charge is 2.13. The van der Waals surface area contributed by atoms with Crippen LogP contribution in [0.2, 0.25) is 0 Å². The molecule has 2 amide bonds. The molecule has 0 aliphatic heterocycles. The van der Waals surface area contributed by atoms with Gasteiger partial charge in [0.1, 0.15) is 13.2 Å². The first-order valence-electron chi connectivity index (χ1n) is 15.1. The van der Waals surface area contributed by atoms with Crippen molar-refractivity contribution in [2.24, 2.45) is 0 Å². The minimum absolute atomic E-state index is 0.0368. The van der Waals surface area contributed by atoms with Crippen LogP contribution in [0, 0.1) is 0 Å². The van der Waals surface area contributed by atoms with E-state index in [9.17, 15) is 19.2 Å². The fourth-order valence-corrected chi connectivity index (χ4v) is 4.11. The van der Waals surface area contributed by atoms with Crippen molar-refractivity contribution in [2.45, 2.75) is 26.7 Å². The van der Waals surface area contributed by atoms with Crippen molar-refractivity contribution < 1.29 is 38.1 Å². The van der Waals surface area contributed by atoms with E-state index in [1.54, 1.807) is 13.8 Å². The molecule has 47 heavy (non-hydrogen) atoms. The zero-order chi connectivity index (χ0) is 34.0. The SMILES string of the molecule is C=C(C)C(=O)OCCNC(=O)OCCc1ccc(N(c2ccccc2)c2ccc(CCOC(=O)NCCOC(=O)C(=C)C)cc2)cc1. The van der Waals surface area contributed by atoms with Crippen molar-refractivity contribution in [3.8, 4) is 0 Å². The summed E-state index contributed by atoms with van der Waals surface area (Å²) < 4.78 is 20.3. The molecule has 248 valence electrons. The molecule has 0 fully saturated rings. The van der Waals surface area contributed by atoms with Gasteiger partial charge in [-0.05, 0) is 61.4 Å². The Bertz CT molecular complexity index is 1410. The maximum absolute atomic E-state index is 11.9. The van der Waals surface area contributed by atoms with Crippen molar-refractivity contribution in [3.63, 3.8) is 0 Å². The molecule has 0 unspecified atom stereocenters. The number of amides is 2. The summed E-state index contributed by atoms with van der Waals surface area (Å²) >= 11 is 0. The van der Waals surface area contributed by atoms with Gasteiger partial charge in [-0.15, -0.1) is 0 Å². The lowest BCUT2D eigenvalue weighted by Crippen LogP contribution is -2.29. The zero-order valence-corrected chi connectivity index (χ0v) is 26.8. The van der Waals surface area contributed by atoms with Crippen molar-refractivity contribution in [1.82, 2.24) is 10.6 Å². The largest absolute Gasteiger partial charge is 0.460 e. The second kappa shape index (κ2) is 19.1. The molecule has 0 bridgehead atoms. The molecule has 3 aromatic carbocycles. The smallest absolute Gasteiger partial charge is 0.407 e. The van der Waals surface area contributed by atoms with Crippen LogP contribution in [-0.4, -0.2) is 63.6 Å². The van der Waals surface area contributed by atoms with Gasteiger partial charge in [0.2, 0.25) is 0 Å². The molecule has 0 aliphatic carbocycles. The van der Waals surface area contributed by atoms with Crippen LogP contribution in [-0.2, 0) is 41.4 Å². The molecular weight excluding hydrogens is 602 g/mol. The van der Waals surface area contributed by atoms with Crippen molar-refractivity contribution in [3.05, 3.63) is 114 Å². The standard InChI is InChI=1S/C36H41N3O8/c1-26(2)33(40)44-24-20-37-35(42)46-22-18-28-10-14-31(15-11-28)39(30-8-6-5-7-9-30)32-16-12-29(13-17-32)19-23-47-36(43)38-21-25-45-34(41)27(3)4/h5-17H,1,3,18-25H2,2,4H3,(H,37,42)(H,38,43). The maximum atomic E-state index is 11.9. The summed E-state index contributed by atoms with van der Waals surface area (Å²) in [5, 5.41) is 5.09. The normalized spacial score (nSPS) is 10.3. The number of hydrogen-bond acceptors (Lipinski definition) is 9. The van der Waals surface area contributed by atoms with Crippen LogP contribution in [0.4, 0.5) is 26.7 Å². The van der Waals surface area contributed by atoms with Crippen LogP contribution in [0.3, 0.4) is 0 Å². The molecule has 11 nitrogen and oxygen atoms in total. The van der Waals surface area contributed by atoms with E-state index in [0.717, 1.165) is 28.2 Å². The van der Waals surface area contributed by atoms with Gasteiger partial charge in [-0.2, -0.15) is 0 Å². The molecule has 3 aromatic rings. The van der Waals surface area contributed by atoms with E-state index in [0.29, 0.717) is 24.0 Å². The van der Waals surface area contributed by atoms with E-state index in [-0.39, 0.29) is 39.5 Å². The molecule has 0 aliphatic rings. The molecule has 2 N–H and O–H groups in total. The van der Waals surface area contributed by atoms with E-state index < -0.39 is 24.1 Å². The Labute approximate surface area is 275 Å². The van der Waals surface area contributed by atoms with Crippen molar-refractivity contribution >= 4 is 41.2 Å². The van der Waals surface area contributed by atoms with Gasteiger partial charge in [-0.1, -0.05) is 55.6 Å². The molecule has 0 aromatic heterocycles. The second-order valence-electron chi connectivity index (χ2n) is 10.5. The average Bonchev–Trinajstić information content (AvgIpc) is 3.06. The number of nitrogens with one attached hydrogen (secondary N) is 2. The number of para-hydroxylation sites is 1. The molecule has 11 heteroatoms. The first-order valence-corrected chi connectivity index (χ1v) is 15.1. The number of alkyl carbamates (subject to hydrolysis) is 2. The van der Waals surface area contributed by atoms with E-state index in [1.165, 1.54) is 0 Å². The fraction of sp³-hybridized carbons (Fsp3) is 0.278. The summed E-state index contributed by atoms with van der Waals surface area (Å²) in [6.45, 7) is 10.9. The van der Waals surface area contributed by atoms with Crippen LogP contribution in [0.25, 0.3) is 0 Å². The van der Waals surface area contributed by atoms with Crippen LogP contribution < -0.4 is 15.5 Å². The summed E-state index contributed by atoms with van der Waals surface area (Å²) in [5.74, 6) is -1.01. The molecule has 0 radical (unpaired) electrons. The third-order valence-corrected chi connectivity index (χ3v) is 6.56. The number of benzene rings is 3. The first-order chi connectivity index (χ1) is 22.6. The van der Waals surface area contributed by atoms with Gasteiger partial charge in [0.15, 0.2) is 0 Å². The van der Waals surface area contributed by atoms with Crippen LogP contribution in [0.5, 0.6) is 0 Å². The van der Waals surface area contributed by atoms with Gasteiger partial charge >= 0.3 is 24.1 Å². The third-order valence-electron chi connectivity index (χ3n) is 6.56. The van der Waals surface area contributed by atoms with E-state index in [2.05, 4.69) is 28.7 Å². The summed E-state index contributed by atoms with van der Waals surface area (Å²) in [6, 6.07) is 26.0. The summed E-state index contributed by atoms with van der Waals surface area (Å²) in [4.78, 5) is 48.7. The minimum atomic E-state index is -0.583. The number of hydrogen-bond donors (Lipinski definition) is 2. The number of nitrogens with zero attached hydrogens (tertiary/aromatic N) is 1. The molecule has 0 spiro atoms. The third kappa shape index (κ3) is 12.7. The highest BCUT2D eigenvalue weighted by Crippen LogP contribution is 2.34. The Hall–Kier alpha value is -5.58. The van der Waals surface area contributed by atoms with Crippen molar-refractivity contribution in [2.75, 3.05) is 44.4 Å². The van der Waals surface area contributed by atoms with Crippen molar-refractivity contribution in [1.29, 1.82) is 0 Å². The molecule has 0 heterocycles. The Morgan fingerprint density at radius 1 is 0.553 bits per heavy atom. The molecule has 3 rings (SSSR count). The van der Waals surface area contributed by atoms with Crippen LogP contribution >= 0.6 is 0 Å². The van der Waals surface area contributed by atoms with Gasteiger partial charge in [-0.3, -0.25) is 0 Å². The number of anilines is 3. The molecule has 0 saturated heterocycles. The summed E-state index contributed by atoms with van der Waals surface area (Å²) in [7, 11) is 0. The highest BCUT2D eigenvalue weighted by atomic mass is 16.6. The van der Waals surface area contributed by atoms with Gasteiger partial charge in [0, 0.05) is 41.1 Å². The summed E-state index contributed by atoms with van der Waals surface area (Å²) in [5.41, 5.74) is 5.47. The Kier molecular flexibility index (Phi) is 14.5. The Balaban J connectivity index is 1.50. The minimum Gasteiger partial charge on any atom is -0.460 e. The molecule has 0 saturated carbocycles.